The predicted octanol–water partition coefficient (Wildman–Crippen LogP) is 4.47. The number of ether oxygens (including phenoxy) is 1. The molecule has 5 nitrogen and oxygen atoms in total. The zero-order valence-corrected chi connectivity index (χ0v) is 17.9. The summed E-state index contributed by atoms with van der Waals surface area (Å²) in [5, 5.41) is 0. The SMILES string of the molecule is C=C=C(C(=O)OCc1ccccc1)[C@@H](NS(=O)(=O)c1ccc(C)cc1)c1ccccc1. The zero-order chi connectivity index (χ0) is 22.3. The van der Waals surface area contributed by atoms with Crippen LogP contribution in [0.5, 0.6) is 0 Å². The summed E-state index contributed by atoms with van der Waals surface area (Å²) in [6.45, 7) is 5.53. The molecule has 0 unspecified atom stereocenters. The molecule has 31 heavy (non-hydrogen) atoms. The van der Waals surface area contributed by atoms with E-state index >= 15 is 0 Å². The second-order valence-corrected chi connectivity index (χ2v) is 8.64. The van der Waals surface area contributed by atoms with Crippen molar-refractivity contribution in [3.05, 3.63) is 120 Å². The first kappa shape index (κ1) is 22.2. The van der Waals surface area contributed by atoms with E-state index in [1.165, 1.54) is 12.1 Å². The van der Waals surface area contributed by atoms with Gasteiger partial charge >= 0.3 is 5.97 Å². The Hall–Kier alpha value is -3.44. The molecule has 158 valence electrons. The Labute approximate surface area is 182 Å². The van der Waals surface area contributed by atoms with Gasteiger partial charge in [-0.05, 0) is 30.2 Å². The number of carbonyl (C=O) groups is 1. The fourth-order valence-corrected chi connectivity index (χ4v) is 4.17. The highest BCUT2D eigenvalue weighted by Gasteiger charge is 2.29. The number of esters is 1. The van der Waals surface area contributed by atoms with E-state index in [1.54, 1.807) is 42.5 Å². The van der Waals surface area contributed by atoms with Crippen LogP contribution in [-0.4, -0.2) is 14.4 Å². The minimum absolute atomic E-state index is 0.0159. The molecule has 1 N–H and O–H groups in total. The molecule has 6 heteroatoms. The number of hydrogen-bond acceptors (Lipinski definition) is 4. The maximum Gasteiger partial charge on any atom is 0.344 e. The second-order valence-electron chi connectivity index (χ2n) is 6.93. The van der Waals surface area contributed by atoms with Crippen LogP contribution in [0.1, 0.15) is 22.7 Å². The third kappa shape index (κ3) is 5.80. The van der Waals surface area contributed by atoms with E-state index in [2.05, 4.69) is 17.0 Å². The molecule has 0 saturated carbocycles. The molecule has 0 bridgehead atoms. The Morgan fingerprint density at radius 2 is 1.55 bits per heavy atom. The summed E-state index contributed by atoms with van der Waals surface area (Å²) in [4.78, 5) is 12.9. The van der Waals surface area contributed by atoms with Crippen molar-refractivity contribution in [3.8, 4) is 0 Å². The van der Waals surface area contributed by atoms with Gasteiger partial charge in [0.1, 0.15) is 12.2 Å². The predicted molar refractivity (Wildman–Crippen MR) is 120 cm³/mol. The summed E-state index contributed by atoms with van der Waals surface area (Å²) in [7, 11) is -3.93. The topological polar surface area (TPSA) is 72.5 Å². The molecule has 0 aromatic heterocycles. The van der Waals surface area contributed by atoms with E-state index < -0.39 is 22.0 Å². The highest BCUT2D eigenvalue weighted by atomic mass is 32.2. The minimum atomic E-state index is -3.93. The van der Waals surface area contributed by atoms with Crippen molar-refractivity contribution in [2.45, 2.75) is 24.5 Å². The molecule has 0 aliphatic heterocycles. The van der Waals surface area contributed by atoms with Crippen molar-refractivity contribution >= 4 is 16.0 Å². The van der Waals surface area contributed by atoms with Crippen LogP contribution >= 0.6 is 0 Å². The molecule has 0 amide bonds. The van der Waals surface area contributed by atoms with Crippen LogP contribution in [-0.2, 0) is 26.2 Å². The molecule has 1 atom stereocenters. The van der Waals surface area contributed by atoms with E-state index in [0.717, 1.165) is 11.1 Å². The number of hydrogen-bond donors (Lipinski definition) is 1. The lowest BCUT2D eigenvalue weighted by molar-refractivity contribution is -0.140. The third-order valence-electron chi connectivity index (χ3n) is 4.65. The van der Waals surface area contributed by atoms with E-state index in [-0.39, 0.29) is 17.1 Å². The molecule has 0 aliphatic carbocycles. The largest absolute Gasteiger partial charge is 0.457 e. The highest BCUT2D eigenvalue weighted by Crippen LogP contribution is 2.25. The lowest BCUT2D eigenvalue weighted by Crippen LogP contribution is -2.32. The summed E-state index contributed by atoms with van der Waals surface area (Å²) >= 11 is 0. The van der Waals surface area contributed by atoms with Gasteiger partial charge in [0.15, 0.2) is 0 Å². The van der Waals surface area contributed by atoms with Gasteiger partial charge in [-0.2, -0.15) is 4.72 Å². The van der Waals surface area contributed by atoms with Crippen molar-refractivity contribution < 1.29 is 17.9 Å². The van der Waals surface area contributed by atoms with E-state index in [4.69, 9.17) is 4.74 Å². The van der Waals surface area contributed by atoms with Gasteiger partial charge in [0.25, 0.3) is 0 Å². The smallest absolute Gasteiger partial charge is 0.344 e. The summed E-state index contributed by atoms with van der Waals surface area (Å²) in [6, 6.07) is 23.5. The molecule has 0 radical (unpaired) electrons. The van der Waals surface area contributed by atoms with Gasteiger partial charge in [-0.25, -0.2) is 13.2 Å². The summed E-state index contributed by atoms with van der Waals surface area (Å²) in [5.41, 5.74) is 4.89. The first-order chi connectivity index (χ1) is 14.9. The Morgan fingerprint density at radius 3 is 2.13 bits per heavy atom. The second kappa shape index (κ2) is 10.0. The van der Waals surface area contributed by atoms with Gasteiger partial charge in [0.05, 0.1) is 10.9 Å². The van der Waals surface area contributed by atoms with Crippen LogP contribution in [0.15, 0.2) is 108 Å². The lowest BCUT2D eigenvalue weighted by Gasteiger charge is -2.20. The van der Waals surface area contributed by atoms with Crippen molar-refractivity contribution in [3.63, 3.8) is 0 Å². The monoisotopic (exact) mass is 433 g/mol. The number of aryl methyl sites for hydroxylation is 1. The average Bonchev–Trinajstić information content (AvgIpc) is 2.79. The normalized spacial score (nSPS) is 11.9. The van der Waals surface area contributed by atoms with Crippen LogP contribution in [0.25, 0.3) is 0 Å². The van der Waals surface area contributed by atoms with Crippen LogP contribution < -0.4 is 4.72 Å². The Kier molecular flexibility index (Phi) is 7.21. The molecular formula is C25H23NO4S. The van der Waals surface area contributed by atoms with Gasteiger partial charge < -0.3 is 4.74 Å². The van der Waals surface area contributed by atoms with Crippen LogP contribution in [0.2, 0.25) is 0 Å². The lowest BCUT2D eigenvalue weighted by atomic mass is 10.0. The van der Waals surface area contributed by atoms with E-state index in [1.807, 2.05) is 37.3 Å². The molecule has 0 spiro atoms. The Morgan fingerprint density at radius 1 is 0.968 bits per heavy atom. The number of nitrogens with one attached hydrogen (secondary N) is 1. The zero-order valence-electron chi connectivity index (χ0n) is 17.1. The maximum atomic E-state index is 13.0. The first-order valence-corrected chi connectivity index (χ1v) is 11.1. The van der Waals surface area contributed by atoms with Gasteiger partial charge in [0.2, 0.25) is 10.0 Å². The van der Waals surface area contributed by atoms with E-state index in [0.29, 0.717) is 5.56 Å². The molecular weight excluding hydrogens is 410 g/mol. The Bertz CT molecular complexity index is 1180. The van der Waals surface area contributed by atoms with Crippen molar-refractivity contribution in [2.24, 2.45) is 0 Å². The van der Waals surface area contributed by atoms with Crippen LogP contribution in [0.3, 0.4) is 0 Å². The van der Waals surface area contributed by atoms with E-state index in [9.17, 15) is 13.2 Å². The van der Waals surface area contributed by atoms with Gasteiger partial charge in [0, 0.05) is 0 Å². The molecule has 3 aromatic rings. The van der Waals surface area contributed by atoms with Crippen molar-refractivity contribution in [1.82, 2.24) is 4.72 Å². The summed E-state index contributed by atoms with van der Waals surface area (Å²) in [6.07, 6.45) is 0. The minimum Gasteiger partial charge on any atom is -0.457 e. The summed E-state index contributed by atoms with van der Waals surface area (Å²) in [5.74, 6) is -0.695. The molecule has 3 aromatic carbocycles. The molecule has 3 rings (SSSR count). The van der Waals surface area contributed by atoms with Gasteiger partial charge in [-0.1, -0.05) is 84.9 Å². The molecule has 0 saturated heterocycles. The molecule has 0 fully saturated rings. The maximum absolute atomic E-state index is 13.0. The van der Waals surface area contributed by atoms with Crippen molar-refractivity contribution in [2.75, 3.05) is 0 Å². The van der Waals surface area contributed by atoms with Crippen LogP contribution in [0, 0.1) is 6.92 Å². The standard InChI is InChI=1S/C25H23NO4S/c1-3-23(25(27)30-18-20-10-6-4-7-11-20)24(21-12-8-5-9-13-21)26-31(28,29)22-16-14-19(2)15-17-22/h4-17,24,26H,1,18H2,2H3/t24-/m0/s1. The molecule has 0 aliphatic rings. The average molecular weight is 434 g/mol. The quantitative estimate of drug-likeness (QED) is 0.323. The first-order valence-electron chi connectivity index (χ1n) is 9.65. The van der Waals surface area contributed by atoms with Crippen LogP contribution in [0.4, 0.5) is 0 Å². The summed E-state index contributed by atoms with van der Waals surface area (Å²) < 4.78 is 34.1. The Balaban J connectivity index is 1.89. The number of carbonyl (C=O) groups excluding carboxylic acids is 1. The number of sulfonamides is 1. The molecule has 0 heterocycles. The van der Waals surface area contributed by atoms with Gasteiger partial charge in [-0.3, -0.25) is 0 Å². The number of rotatable bonds is 8. The third-order valence-corrected chi connectivity index (χ3v) is 6.09. The van der Waals surface area contributed by atoms with Gasteiger partial charge in [-0.15, -0.1) is 5.73 Å². The fraction of sp³-hybridized carbons (Fsp3) is 0.120. The highest BCUT2D eigenvalue weighted by molar-refractivity contribution is 7.89. The fourth-order valence-electron chi connectivity index (χ4n) is 2.97. The number of benzene rings is 3. The van der Waals surface area contributed by atoms with Crippen molar-refractivity contribution in [1.29, 1.82) is 0 Å².